The van der Waals surface area contributed by atoms with Crippen LogP contribution in [0.5, 0.6) is 0 Å². The van der Waals surface area contributed by atoms with E-state index in [2.05, 4.69) is 0 Å². The van der Waals surface area contributed by atoms with Crippen LogP contribution in [0.15, 0.2) is 41.0 Å². The summed E-state index contributed by atoms with van der Waals surface area (Å²) in [7, 11) is 1.73. The topological polar surface area (TPSA) is 59.5 Å². The predicted octanol–water partition coefficient (Wildman–Crippen LogP) is 2.44. The van der Waals surface area contributed by atoms with Gasteiger partial charge in [-0.25, -0.2) is 0 Å². The van der Waals surface area contributed by atoms with Crippen molar-refractivity contribution in [2.75, 3.05) is 12.8 Å². The van der Waals surface area contributed by atoms with Crippen LogP contribution in [-0.4, -0.2) is 17.9 Å². The molecule has 0 saturated carbocycles. The first kappa shape index (κ1) is 12.2. The number of nitrogens with zero attached hydrogens (tertiary/aromatic N) is 1. The number of nitrogens with two attached hydrogens (primary N) is 1. The molecule has 0 fully saturated rings. The number of anilines is 1. The summed E-state index contributed by atoms with van der Waals surface area (Å²) in [6, 6.07) is 9.08. The standard InChI is InChI=1S/C14H16N2O2/c1-10-5-6-13(15)12(8-10)14(17)16(2)9-11-4-3-7-18-11/h3-8H,9,15H2,1-2H3. The van der Waals surface area contributed by atoms with Gasteiger partial charge in [0.25, 0.3) is 5.91 Å². The van der Waals surface area contributed by atoms with Crippen LogP contribution in [0.25, 0.3) is 0 Å². The molecule has 0 aliphatic carbocycles. The molecule has 1 aromatic carbocycles. The van der Waals surface area contributed by atoms with E-state index in [-0.39, 0.29) is 5.91 Å². The number of hydrogen-bond donors (Lipinski definition) is 1. The molecule has 18 heavy (non-hydrogen) atoms. The molecule has 0 unspecified atom stereocenters. The van der Waals surface area contributed by atoms with Crippen molar-refractivity contribution in [2.24, 2.45) is 0 Å². The Kier molecular flexibility index (Phi) is 3.37. The summed E-state index contributed by atoms with van der Waals surface area (Å²) in [5, 5.41) is 0. The summed E-state index contributed by atoms with van der Waals surface area (Å²) in [6.45, 7) is 2.36. The second-order valence-electron chi connectivity index (χ2n) is 4.33. The molecule has 4 nitrogen and oxygen atoms in total. The van der Waals surface area contributed by atoms with Crippen LogP contribution in [0.2, 0.25) is 0 Å². The molecular formula is C14H16N2O2. The van der Waals surface area contributed by atoms with Crippen molar-refractivity contribution >= 4 is 11.6 Å². The molecule has 0 atom stereocenters. The SMILES string of the molecule is Cc1ccc(N)c(C(=O)N(C)Cc2ccco2)c1. The highest BCUT2D eigenvalue weighted by Gasteiger charge is 2.15. The third-order valence-electron chi connectivity index (χ3n) is 2.76. The fraction of sp³-hybridized carbons (Fsp3) is 0.214. The molecule has 2 N–H and O–H groups in total. The minimum Gasteiger partial charge on any atom is -0.467 e. The Morgan fingerprint density at radius 2 is 2.17 bits per heavy atom. The maximum Gasteiger partial charge on any atom is 0.256 e. The Hall–Kier alpha value is -2.23. The van der Waals surface area contributed by atoms with Crippen molar-refractivity contribution in [1.29, 1.82) is 0 Å². The first-order valence-corrected chi connectivity index (χ1v) is 5.72. The fourth-order valence-electron chi connectivity index (χ4n) is 1.77. The van der Waals surface area contributed by atoms with Crippen LogP contribution < -0.4 is 5.73 Å². The number of hydrogen-bond acceptors (Lipinski definition) is 3. The van der Waals surface area contributed by atoms with Crippen molar-refractivity contribution in [3.63, 3.8) is 0 Å². The van der Waals surface area contributed by atoms with Gasteiger partial charge in [-0.3, -0.25) is 4.79 Å². The summed E-state index contributed by atoms with van der Waals surface area (Å²) < 4.78 is 5.22. The number of furan rings is 1. The van der Waals surface area contributed by atoms with Gasteiger partial charge in [-0.2, -0.15) is 0 Å². The molecular weight excluding hydrogens is 228 g/mol. The van der Waals surface area contributed by atoms with Gasteiger partial charge in [-0.05, 0) is 31.2 Å². The lowest BCUT2D eigenvalue weighted by Crippen LogP contribution is -2.26. The number of carbonyl (C=O) groups excluding carboxylic acids is 1. The number of amides is 1. The molecule has 0 aliphatic heterocycles. The maximum atomic E-state index is 12.2. The highest BCUT2D eigenvalue weighted by atomic mass is 16.3. The zero-order valence-electron chi connectivity index (χ0n) is 10.5. The molecule has 2 rings (SSSR count). The van der Waals surface area contributed by atoms with Gasteiger partial charge in [0.05, 0.1) is 18.4 Å². The van der Waals surface area contributed by atoms with Crippen LogP contribution in [0, 0.1) is 6.92 Å². The maximum absolute atomic E-state index is 12.2. The van der Waals surface area contributed by atoms with Gasteiger partial charge in [-0.15, -0.1) is 0 Å². The quantitative estimate of drug-likeness (QED) is 0.844. The number of nitrogen functional groups attached to an aromatic ring is 1. The van der Waals surface area contributed by atoms with E-state index < -0.39 is 0 Å². The summed E-state index contributed by atoms with van der Waals surface area (Å²) >= 11 is 0. The minimum atomic E-state index is -0.104. The highest BCUT2D eigenvalue weighted by Crippen LogP contribution is 2.16. The molecule has 94 valence electrons. The van der Waals surface area contributed by atoms with Crippen molar-refractivity contribution in [1.82, 2.24) is 4.90 Å². The third-order valence-corrected chi connectivity index (χ3v) is 2.76. The van der Waals surface area contributed by atoms with E-state index in [1.165, 1.54) is 0 Å². The van der Waals surface area contributed by atoms with Crippen LogP contribution in [-0.2, 0) is 6.54 Å². The molecule has 1 amide bonds. The molecule has 0 bridgehead atoms. The van der Waals surface area contributed by atoms with Crippen LogP contribution in [0.1, 0.15) is 21.7 Å². The lowest BCUT2D eigenvalue weighted by molar-refractivity contribution is 0.0776. The average Bonchev–Trinajstić information content (AvgIpc) is 2.84. The van der Waals surface area contributed by atoms with Crippen molar-refractivity contribution in [2.45, 2.75) is 13.5 Å². The summed E-state index contributed by atoms with van der Waals surface area (Å²) in [6.07, 6.45) is 1.59. The van der Waals surface area contributed by atoms with E-state index in [1.54, 1.807) is 36.4 Å². The zero-order valence-corrected chi connectivity index (χ0v) is 10.5. The molecule has 0 saturated heterocycles. The van der Waals surface area contributed by atoms with E-state index in [0.29, 0.717) is 17.8 Å². The molecule has 1 aromatic heterocycles. The van der Waals surface area contributed by atoms with Gasteiger partial charge in [0.2, 0.25) is 0 Å². The van der Waals surface area contributed by atoms with E-state index in [9.17, 15) is 4.79 Å². The van der Waals surface area contributed by atoms with E-state index in [0.717, 1.165) is 11.3 Å². The minimum absolute atomic E-state index is 0.104. The van der Waals surface area contributed by atoms with Crippen molar-refractivity contribution in [3.8, 4) is 0 Å². The van der Waals surface area contributed by atoms with Gasteiger partial charge >= 0.3 is 0 Å². The Bertz CT molecular complexity index is 547. The molecule has 0 spiro atoms. The Labute approximate surface area is 106 Å². The van der Waals surface area contributed by atoms with Gasteiger partial charge in [0, 0.05) is 12.7 Å². The summed E-state index contributed by atoms with van der Waals surface area (Å²) in [5.74, 6) is 0.643. The van der Waals surface area contributed by atoms with Gasteiger partial charge < -0.3 is 15.1 Å². The van der Waals surface area contributed by atoms with Crippen molar-refractivity contribution in [3.05, 3.63) is 53.5 Å². The monoisotopic (exact) mass is 244 g/mol. The molecule has 4 heteroatoms. The number of carbonyl (C=O) groups is 1. The average molecular weight is 244 g/mol. The second kappa shape index (κ2) is 4.96. The smallest absolute Gasteiger partial charge is 0.256 e. The van der Waals surface area contributed by atoms with E-state index in [4.69, 9.17) is 10.2 Å². The predicted molar refractivity (Wildman–Crippen MR) is 70.1 cm³/mol. The molecule has 0 aliphatic rings. The van der Waals surface area contributed by atoms with Gasteiger partial charge in [-0.1, -0.05) is 11.6 Å². The normalized spacial score (nSPS) is 10.3. The number of aryl methyl sites for hydroxylation is 1. The Morgan fingerprint density at radius 1 is 1.39 bits per heavy atom. The number of rotatable bonds is 3. The molecule has 0 radical (unpaired) electrons. The number of benzene rings is 1. The van der Waals surface area contributed by atoms with E-state index in [1.807, 2.05) is 19.1 Å². The third kappa shape index (κ3) is 2.53. The molecule has 2 aromatic rings. The lowest BCUT2D eigenvalue weighted by Gasteiger charge is -2.17. The van der Waals surface area contributed by atoms with Crippen LogP contribution in [0.4, 0.5) is 5.69 Å². The summed E-state index contributed by atoms with van der Waals surface area (Å²) in [5.41, 5.74) is 7.87. The first-order valence-electron chi connectivity index (χ1n) is 5.72. The largest absolute Gasteiger partial charge is 0.467 e. The zero-order chi connectivity index (χ0) is 13.1. The van der Waals surface area contributed by atoms with Crippen LogP contribution in [0.3, 0.4) is 0 Å². The van der Waals surface area contributed by atoms with E-state index >= 15 is 0 Å². The van der Waals surface area contributed by atoms with Gasteiger partial charge in [0.15, 0.2) is 0 Å². The highest BCUT2D eigenvalue weighted by molar-refractivity contribution is 5.99. The van der Waals surface area contributed by atoms with Gasteiger partial charge in [0.1, 0.15) is 5.76 Å². The van der Waals surface area contributed by atoms with Crippen molar-refractivity contribution < 1.29 is 9.21 Å². The Balaban J connectivity index is 2.17. The Morgan fingerprint density at radius 3 is 2.83 bits per heavy atom. The van der Waals surface area contributed by atoms with Crippen LogP contribution >= 0.6 is 0 Å². The summed E-state index contributed by atoms with van der Waals surface area (Å²) in [4.78, 5) is 13.8. The first-order chi connectivity index (χ1) is 8.58. The lowest BCUT2D eigenvalue weighted by atomic mass is 10.1. The second-order valence-corrected chi connectivity index (χ2v) is 4.33. The fourth-order valence-corrected chi connectivity index (χ4v) is 1.77. The molecule has 1 heterocycles.